The van der Waals surface area contributed by atoms with Gasteiger partial charge in [0, 0.05) is 0 Å². The fraction of sp³-hybridized carbons (Fsp3) is 0.455. The van der Waals surface area contributed by atoms with Crippen LogP contribution in [0.5, 0.6) is 0 Å². The van der Waals surface area contributed by atoms with Crippen molar-refractivity contribution in [3.8, 4) is 0 Å². The summed E-state index contributed by atoms with van der Waals surface area (Å²) >= 11 is 0. The third kappa shape index (κ3) is 1.05. The molecule has 0 spiro atoms. The zero-order valence-electron chi connectivity index (χ0n) is 7.63. The lowest BCUT2D eigenvalue weighted by atomic mass is 9.93. The minimum Gasteiger partial charge on any atom is -0.365 e. The van der Waals surface area contributed by atoms with Gasteiger partial charge in [-0.2, -0.15) is 0 Å². The van der Waals surface area contributed by atoms with Crippen LogP contribution in [0.3, 0.4) is 0 Å². The third-order valence-corrected chi connectivity index (χ3v) is 2.70. The van der Waals surface area contributed by atoms with Crippen LogP contribution in [0.25, 0.3) is 0 Å². The van der Waals surface area contributed by atoms with Crippen LogP contribution < -0.4 is 0 Å². The molecule has 0 aliphatic carbocycles. The molecule has 1 fully saturated rings. The van der Waals surface area contributed by atoms with Gasteiger partial charge < -0.3 is 4.74 Å². The monoisotopic (exact) mass is 162 g/mol. The van der Waals surface area contributed by atoms with Crippen LogP contribution in [0, 0.1) is 6.92 Å². The second kappa shape index (κ2) is 2.60. The number of rotatable bonds is 2. The lowest BCUT2D eigenvalue weighted by Gasteiger charge is -2.11. The van der Waals surface area contributed by atoms with Gasteiger partial charge in [0.2, 0.25) is 0 Å². The van der Waals surface area contributed by atoms with E-state index in [-0.39, 0.29) is 5.60 Å². The quantitative estimate of drug-likeness (QED) is 0.609. The van der Waals surface area contributed by atoms with Crippen LogP contribution in [0.1, 0.15) is 24.5 Å². The maximum absolute atomic E-state index is 5.51. The summed E-state index contributed by atoms with van der Waals surface area (Å²) in [5.74, 6) is 0. The minimum absolute atomic E-state index is 0.0747. The summed E-state index contributed by atoms with van der Waals surface area (Å²) in [5, 5.41) is 0. The van der Waals surface area contributed by atoms with Crippen LogP contribution in [0.15, 0.2) is 24.3 Å². The molecule has 64 valence electrons. The van der Waals surface area contributed by atoms with Gasteiger partial charge in [-0.05, 0) is 24.5 Å². The fourth-order valence-electron chi connectivity index (χ4n) is 1.72. The molecule has 0 N–H and O–H groups in total. The number of epoxide rings is 1. The first-order valence-electron chi connectivity index (χ1n) is 4.48. The van der Waals surface area contributed by atoms with E-state index in [0.717, 1.165) is 13.0 Å². The van der Waals surface area contributed by atoms with E-state index in [2.05, 4.69) is 38.1 Å². The number of benzene rings is 1. The summed E-state index contributed by atoms with van der Waals surface area (Å²) in [7, 11) is 0. The lowest BCUT2D eigenvalue weighted by molar-refractivity contribution is 0.300. The lowest BCUT2D eigenvalue weighted by Crippen LogP contribution is -2.08. The van der Waals surface area contributed by atoms with Crippen LogP contribution in [-0.4, -0.2) is 6.61 Å². The Morgan fingerprint density at radius 2 is 2.08 bits per heavy atom. The van der Waals surface area contributed by atoms with Gasteiger partial charge in [0.25, 0.3) is 0 Å². The second-order valence-corrected chi connectivity index (χ2v) is 3.45. The van der Waals surface area contributed by atoms with E-state index >= 15 is 0 Å². The van der Waals surface area contributed by atoms with Crippen molar-refractivity contribution in [2.45, 2.75) is 25.9 Å². The highest BCUT2D eigenvalue weighted by molar-refractivity contribution is 5.34. The van der Waals surface area contributed by atoms with Crippen LogP contribution in [-0.2, 0) is 10.3 Å². The Bertz CT molecular complexity index is 287. The molecule has 1 heteroatoms. The van der Waals surface area contributed by atoms with Gasteiger partial charge >= 0.3 is 0 Å². The van der Waals surface area contributed by atoms with Crippen molar-refractivity contribution in [1.29, 1.82) is 0 Å². The van der Waals surface area contributed by atoms with Gasteiger partial charge in [0.15, 0.2) is 0 Å². The topological polar surface area (TPSA) is 12.5 Å². The normalized spacial score (nSPS) is 27.2. The molecule has 1 aromatic carbocycles. The molecule has 1 unspecified atom stereocenters. The molecule has 0 bridgehead atoms. The molecular formula is C11H14O. The Labute approximate surface area is 73.4 Å². The minimum atomic E-state index is 0.0747. The predicted molar refractivity (Wildman–Crippen MR) is 49.1 cm³/mol. The highest BCUT2D eigenvalue weighted by Gasteiger charge is 2.45. The van der Waals surface area contributed by atoms with Gasteiger partial charge in [0.1, 0.15) is 5.60 Å². The van der Waals surface area contributed by atoms with Crippen molar-refractivity contribution in [1.82, 2.24) is 0 Å². The van der Waals surface area contributed by atoms with Crippen LogP contribution in [0.2, 0.25) is 0 Å². The van der Waals surface area contributed by atoms with Gasteiger partial charge in [-0.25, -0.2) is 0 Å². The number of ether oxygens (including phenoxy) is 1. The largest absolute Gasteiger partial charge is 0.365 e. The first-order valence-corrected chi connectivity index (χ1v) is 4.48. The molecule has 1 nitrogen and oxygen atoms in total. The Balaban J connectivity index is 2.40. The first-order chi connectivity index (χ1) is 5.78. The fourth-order valence-corrected chi connectivity index (χ4v) is 1.72. The van der Waals surface area contributed by atoms with E-state index in [1.54, 1.807) is 0 Å². The molecule has 1 saturated heterocycles. The highest BCUT2D eigenvalue weighted by atomic mass is 16.6. The Morgan fingerprint density at radius 3 is 2.58 bits per heavy atom. The van der Waals surface area contributed by atoms with Crippen molar-refractivity contribution in [2.75, 3.05) is 6.61 Å². The molecule has 0 amide bonds. The standard InChI is InChI=1S/C11H14O/c1-3-11(8-12-11)10-7-5-4-6-9(10)2/h4-7H,3,8H2,1-2H3. The van der Waals surface area contributed by atoms with Gasteiger partial charge in [-0.15, -0.1) is 0 Å². The Kier molecular flexibility index (Phi) is 1.69. The maximum Gasteiger partial charge on any atom is 0.117 e. The predicted octanol–water partition coefficient (Wildman–Crippen LogP) is 2.63. The Morgan fingerprint density at radius 1 is 1.42 bits per heavy atom. The smallest absolute Gasteiger partial charge is 0.117 e. The zero-order chi connectivity index (χ0) is 8.60. The van der Waals surface area contributed by atoms with Gasteiger partial charge in [0.05, 0.1) is 6.61 Å². The summed E-state index contributed by atoms with van der Waals surface area (Å²) in [6, 6.07) is 8.48. The Hall–Kier alpha value is -0.820. The molecule has 2 rings (SSSR count). The average Bonchev–Trinajstić information content (AvgIpc) is 2.86. The number of hydrogen-bond donors (Lipinski definition) is 0. The molecule has 1 aliphatic rings. The third-order valence-electron chi connectivity index (χ3n) is 2.70. The number of aryl methyl sites for hydroxylation is 1. The molecule has 0 aromatic heterocycles. The molecule has 1 heterocycles. The van der Waals surface area contributed by atoms with E-state index in [1.807, 2.05) is 0 Å². The molecule has 12 heavy (non-hydrogen) atoms. The van der Waals surface area contributed by atoms with Crippen molar-refractivity contribution in [3.63, 3.8) is 0 Å². The molecule has 1 atom stereocenters. The zero-order valence-corrected chi connectivity index (χ0v) is 7.63. The number of hydrogen-bond acceptors (Lipinski definition) is 1. The molecule has 1 aliphatic heterocycles. The molecular weight excluding hydrogens is 148 g/mol. The molecule has 1 aromatic rings. The second-order valence-electron chi connectivity index (χ2n) is 3.45. The van der Waals surface area contributed by atoms with E-state index in [9.17, 15) is 0 Å². The van der Waals surface area contributed by atoms with Gasteiger partial charge in [-0.1, -0.05) is 31.2 Å². The molecule has 0 saturated carbocycles. The van der Waals surface area contributed by atoms with Crippen molar-refractivity contribution >= 4 is 0 Å². The average molecular weight is 162 g/mol. The van der Waals surface area contributed by atoms with Crippen molar-refractivity contribution in [3.05, 3.63) is 35.4 Å². The van der Waals surface area contributed by atoms with Crippen molar-refractivity contribution in [2.24, 2.45) is 0 Å². The SMILES string of the molecule is CCC1(c2ccccc2C)CO1. The summed E-state index contributed by atoms with van der Waals surface area (Å²) < 4.78 is 5.51. The van der Waals surface area contributed by atoms with E-state index in [4.69, 9.17) is 4.74 Å². The molecule has 0 radical (unpaired) electrons. The summed E-state index contributed by atoms with van der Waals surface area (Å²) in [6.07, 6.45) is 1.08. The first kappa shape index (κ1) is 7.81. The highest BCUT2D eigenvalue weighted by Crippen LogP contribution is 2.42. The van der Waals surface area contributed by atoms with Crippen LogP contribution in [0.4, 0.5) is 0 Å². The summed E-state index contributed by atoms with van der Waals surface area (Å²) in [5.41, 5.74) is 2.79. The summed E-state index contributed by atoms with van der Waals surface area (Å²) in [4.78, 5) is 0. The van der Waals surface area contributed by atoms with Crippen LogP contribution >= 0.6 is 0 Å². The summed E-state index contributed by atoms with van der Waals surface area (Å²) in [6.45, 7) is 5.22. The van der Waals surface area contributed by atoms with Gasteiger partial charge in [-0.3, -0.25) is 0 Å². The maximum atomic E-state index is 5.51. The van der Waals surface area contributed by atoms with E-state index in [0.29, 0.717) is 0 Å². The van der Waals surface area contributed by atoms with E-state index < -0.39 is 0 Å². The van der Waals surface area contributed by atoms with Crippen molar-refractivity contribution < 1.29 is 4.74 Å². The van der Waals surface area contributed by atoms with E-state index in [1.165, 1.54) is 11.1 Å².